The molecule has 0 aromatic carbocycles. The zero-order valence-corrected chi connectivity index (χ0v) is 19.4. The summed E-state index contributed by atoms with van der Waals surface area (Å²) in [5.74, 6) is 1.81. The Labute approximate surface area is 187 Å². The van der Waals surface area contributed by atoms with Crippen LogP contribution in [0.2, 0.25) is 0 Å². The van der Waals surface area contributed by atoms with Crippen molar-refractivity contribution in [3.8, 4) is 0 Å². The third-order valence-corrected chi connectivity index (χ3v) is 8.44. The van der Waals surface area contributed by atoms with Crippen LogP contribution in [0.4, 0.5) is 0 Å². The lowest BCUT2D eigenvalue weighted by Crippen LogP contribution is -2.53. The smallest absolute Gasteiger partial charge is 0.311 e. The topological polar surface area (TPSA) is 42.7 Å². The molecule has 1 aliphatic heterocycles. The van der Waals surface area contributed by atoms with Gasteiger partial charge in [0.05, 0.1) is 25.3 Å². The van der Waals surface area contributed by atoms with Gasteiger partial charge in [0.2, 0.25) is 0 Å². The number of carbonyl (C=O) groups excluding carboxylic acids is 1. The number of carbonyl (C=O) groups is 1. The number of esters is 1. The SMILES string of the molecule is C=C1CCC2[C@](C)(CCC[C@]2(C)C(=O)OC)[C@H]1CCc1ccoc1CN1C=CC=CC1. The van der Waals surface area contributed by atoms with E-state index in [1.807, 2.05) is 6.26 Å². The van der Waals surface area contributed by atoms with Crippen LogP contribution >= 0.6 is 0 Å². The molecule has 1 aromatic heterocycles. The maximum atomic E-state index is 12.8. The maximum absolute atomic E-state index is 12.8. The van der Waals surface area contributed by atoms with E-state index in [4.69, 9.17) is 9.15 Å². The molecule has 0 radical (unpaired) electrons. The molecule has 0 bridgehead atoms. The van der Waals surface area contributed by atoms with E-state index in [1.54, 1.807) is 0 Å². The summed E-state index contributed by atoms with van der Waals surface area (Å²) in [5, 5.41) is 0. The van der Waals surface area contributed by atoms with Gasteiger partial charge in [-0.2, -0.15) is 0 Å². The summed E-state index contributed by atoms with van der Waals surface area (Å²) in [6.45, 7) is 10.8. The van der Waals surface area contributed by atoms with Crippen LogP contribution in [0.3, 0.4) is 0 Å². The largest absolute Gasteiger partial charge is 0.469 e. The zero-order valence-electron chi connectivity index (χ0n) is 19.4. The van der Waals surface area contributed by atoms with Gasteiger partial charge in [0.15, 0.2) is 0 Å². The van der Waals surface area contributed by atoms with Gasteiger partial charge in [-0.15, -0.1) is 0 Å². The summed E-state index contributed by atoms with van der Waals surface area (Å²) in [6, 6.07) is 2.13. The van der Waals surface area contributed by atoms with Crippen molar-refractivity contribution in [1.29, 1.82) is 0 Å². The van der Waals surface area contributed by atoms with Gasteiger partial charge in [0, 0.05) is 6.54 Å². The number of nitrogens with zero attached hydrogens (tertiary/aromatic N) is 1. The Hall–Kier alpha value is -2.23. The molecule has 31 heavy (non-hydrogen) atoms. The Morgan fingerprint density at radius 3 is 2.90 bits per heavy atom. The first-order chi connectivity index (χ1) is 14.9. The van der Waals surface area contributed by atoms with E-state index in [1.165, 1.54) is 18.2 Å². The van der Waals surface area contributed by atoms with Gasteiger partial charge in [-0.1, -0.05) is 37.6 Å². The summed E-state index contributed by atoms with van der Waals surface area (Å²) in [4.78, 5) is 15.0. The lowest BCUT2D eigenvalue weighted by atomic mass is 9.46. The second-order valence-corrected chi connectivity index (χ2v) is 10.2. The third kappa shape index (κ3) is 4.02. The number of rotatable bonds is 6. The molecule has 0 saturated heterocycles. The number of aryl methyl sites for hydroxylation is 1. The molecular weight excluding hydrogens is 386 g/mol. The molecule has 4 rings (SSSR count). The van der Waals surface area contributed by atoms with Crippen LogP contribution in [-0.2, 0) is 22.5 Å². The highest BCUT2D eigenvalue weighted by Gasteiger charge is 2.57. The molecule has 1 unspecified atom stereocenters. The Morgan fingerprint density at radius 1 is 1.32 bits per heavy atom. The highest BCUT2D eigenvalue weighted by Crippen LogP contribution is 2.62. The monoisotopic (exact) mass is 423 g/mol. The summed E-state index contributed by atoms with van der Waals surface area (Å²) in [5.41, 5.74) is 2.38. The first-order valence-corrected chi connectivity index (χ1v) is 11.8. The van der Waals surface area contributed by atoms with E-state index < -0.39 is 0 Å². The van der Waals surface area contributed by atoms with E-state index in [-0.39, 0.29) is 16.8 Å². The Kier molecular flexibility index (Phi) is 6.18. The summed E-state index contributed by atoms with van der Waals surface area (Å²) in [6.07, 6.45) is 17.5. The van der Waals surface area contributed by atoms with Crippen LogP contribution in [0.1, 0.15) is 63.7 Å². The highest BCUT2D eigenvalue weighted by atomic mass is 16.5. The van der Waals surface area contributed by atoms with Crippen LogP contribution in [0.5, 0.6) is 0 Å². The van der Waals surface area contributed by atoms with Crippen molar-refractivity contribution in [2.75, 3.05) is 13.7 Å². The molecule has 0 amide bonds. The van der Waals surface area contributed by atoms with Crippen LogP contribution in [0, 0.1) is 22.7 Å². The molecule has 3 aliphatic rings. The molecule has 4 atom stereocenters. The molecule has 2 saturated carbocycles. The van der Waals surface area contributed by atoms with Crippen molar-refractivity contribution in [1.82, 2.24) is 4.90 Å². The molecule has 2 aliphatic carbocycles. The fraction of sp³-hybridized carbons (Fsp3) is 0.593. The molecule has 0 N–H and O–H groups in total. The summed E-state index contributed by atoms with van der Waals surface area (Å²) >= 11 is 0. The lowest BCUT2D eigenvalue weighted by molar-refractivity contribution is -0.168. The highest BCUT2D eigenvalue weighted by molar-refractivity contribution is 5.77. The molecule has 2 fully saturated rings. The maximum Gasteiger partial charge on any atom is 0.311 e. The molecule has 168 valence electrons. The quantitative estimate of drug-likeness (QED) is 0.413. The van der Waals surface area contributed by atoms with Gasteiger partial charge in [-0.25, -0.2) is 0 Å². The first kappa shape index (κ1) is 22.0. The van der Waals surface area contributed by atoms with Crippen LogP contribution in [0.15, 0.2) is 53.3 Å². The Morgan fingerprint density at radius 2 is 2.16 bits per heavy atom. The number of hydrogen-bond acceptors (Lipinski definition) is 4. The van der Waals surface area contributed by atoms with Crippen molar-refractivity contribution in [3.05, 3.63) is 60.2 Å². The molecule has 1 aromatic rings. The molecule has 2 heterocycles. The van der Waals surface area contributed by atoms with Gasteiger partial charge >= 0.3 is 5.97 Å². The summed E-state index contributed by atoms with van der Waals surface area (Å²) in [7, 11) is 1.53. The molecule has 4 heteroatoms. The van der Waals surface area contributed by atoms with Crippen LogP contribution in [0.25, 0.3) is 0 Å². The number of hydrogen-bond donors (Lipinski definition) is 0. The zero-order chi connectivity index (χ0) is 22.1. The van der Waals surface area contributed by atoms with E-state index in [0.717, 1.165) is 63.8 Å². The van der Waals surface area contributed by atoms with Crippen molar-refractivity contribution >= 4 is 5.97 Å². The number of ether oxygens (including phenoxy) is 1. The summed E-state index contributed by atoms with van der Waals surface area (Å²) < 4.78 is 11.1. The standard InChI is InChI=1S/C27H37NO3/c1-20-9-12-24-26(2,14-8-15-27(24,3)25(29)30-4)22(20)11-10-21-13-18-31-23(21)19-28-16-6-5-7-17-28/h5-7,13,16,18,22,24H,1,8-12,14-15,17,19H2,2-4H3/t22-,24?,26+,27-/m0/s1. The second kappa shape index (κ2) is 8.72. The van der Waals surface area contributed by atoms with E-state index >= 15 is 0 Å². The number of fused-ring (bicyclic) bond motifs is 1. The van der Waals surface area contributed by atoms with E-state index in [0.29, 0.717) is 11.8 Å². The Bertz CT molecular complexity index is 881. The van der Waals surface area contributed by atoms with Gasteiger partial charge in [0.1, 0.15) is 5.76 Å². The lowest BCUT2D eigenvalue weighted by Gasteiger charge is -2.57. The average Bonchev–Trinajstić information content (AvgIpc) is 3.20. The van der Waals surface area contributed by atoms with Gasteiger partial charge in [0.25, 0.3) is 0 Å². The number of allylic oxidation sites excluding steroid dienone is 3. The van der Waals surface area contributed by atoms with Crippen molar-refractivity contribution in [3.63, 3.8) is 0 Å². The predicted molar refractivity (Wildman–Crippen MR) is 123 cm³/mol. The van der Waals surface area contributed by atoms with Crippen molar-refractivity contribution < 1.29 is 13.9 Å². The predicted octanol–water partition coefficient (Wildman–Crippen LogP) is 6.05. The number of furan rings is 1. The fourth-order valence-corrected chi connectivity index (χ4v) is 6.80. The molecule has 4 nitrogen and oxygen atoms in total. The van der Waals surface area contributed by atoms with E-state index in [9.17, 15) is 4.79 Å². The minimum Gasteiger partial charge on any atom is -0.469 e. The van der Waals surface area contributed by atoms with E-state index in [2.05, 4.69) is 55.8 Å². The number of methoxy groups -OCH3 is 1. The average molecular weight is 424 g/mol. The minimum atomic E-state index is -0.379. The second-order valence-electron chi connectivity index (χ2n) is 10.2. The van der Waals surface area contributed by atoms with Crippen LogP contribution in [-0.4, -0.2) is 24.5 Å². The third-order valence-electron chi connectivity index (χ3n) is 8.44. The van der Waals surface area contributed by atoms with Crippen molar-refractivity contribution in [2.45, 2.75) is 65.3 Å². The minimum absolute atomic E-state index is 0.0320. The van der Waals surface area contributed by atoms with Gasteiger partial charge < -0.3 is 14.1 Å². The fourth-order valence-electron chi connectivity index (χ4n) is 6.80. The molecular formula is C27H37NO3. The van der Waals surface area contributed by atoms with Crippen molar-refractivity contribution in [2.24, 2.45) is 22.7 Å². The van der Waals surface area contributed by atoms with Gasteiger partial charge in [-0.3, -0.25) is 4.79 Å². The van der Waals surface area contributed by atoms with Gasteiger partial charge in [-0.05, 0) is 86.6 Å². The van der Waals surface area contributed by atoms with Crippen LogP contribution < -0.4 is 0 Å². The normalized spacial score (nSPS) is 32.7. The Balaban J connectivity index is 1.50. The first-order valence-electron chi connectivity index (χ1n) is 11.8. The molecule has 0 spiro atoms.